The lowest BCUT2D eigenvalue weighted by atomic mass is 10.0. The molecule has 0 unspecified atom stereocenters. The summed E-state index contributed by atoms with van der Waals surface area (Å²) >= 11 is 0. The number of carbonyl (C=O) groups is 1. The van der Waals surface area contributed by atoms with Crippen LogP contribution >= 0.6 is 0 Å². The second-order valence-electron chi connectivity index (χ2n) is 7.53. The predicted octanol–water partition coefficient (Wildman–Crippen LogP) is 0.355. The van der Waals surface area contributed by atoms with E-state index in [1.165, 1.54) is 6.20 Å². The highest BCUT2D eigenvalue weighted by Crippen LogP contribution is 2.18. The Bertz CT molecular complexity index is 954. The predicted molar refractivity (Wildman–Crippen MR) is 105 cm³/mol. The minimum absolute atomic E-state index is 0.0295. The number of hydrogen-bond acceptors (Lipinski definition) is 6. The van der Waals surface area contributed by atoms with Crippen LogP contribution in [-0.4, -0.2) is 52.1 Å². The van der Waals surface area contributed by atoms with Gasteiger partial charge >= 0.3 is 5.69 Å². The van der Waals surface area contributed by atoms with Gasteiger partial charge in [-0.1, -0.05) is 0 Å². The number of piperazine rings is 1. The third kappa shape index (κ3) is 4.28. The van der Waals surface area contributed by atoms with Gasteiger partial charge in [-0.3, -0.25) is 9.36 Å². The zero-order valence-corrected chi connectivity index (χ0v) is 16.4. The monoisotopic (exact) mass is 406 g/mol. The van der Waals surface area contributed by atoms with Gasteiger partial charge in [0.25, 0.3) is 0 Å². The van der Waals surface area contributed by atoms with Gasteiger partial charge in [0.2, 0.25) is 5.91 Å². The molecule has 0 spiro atoms. The summed E-state index contributed by atoms with van der Waals surface area (Å²) in [6.45, 7) is 4.95. The first kappa shape index (κ1) is 20.9. The average molecular weight is 406 g/mol. The van der Waals surface area contributed by atoms with Crippen LogP contribution in [0.25, 0.3) is 5.69 Å². The lowest BCUT2D eigenvalue weighted by molar-refractivity contribution is -0.136. The molecule has 4 N–H and O–H groups in total. The van der Waals surface area contributed by atoms with Crippen molar-refractivity contribution >= 4 is 11.7 Å². The van der Waals surface area contributed by atoms with E-state index in [1.807, 2.05) is 4.90 Å². The quantitative estimate of drug-likeness (QED) is 0.758. The average Bonchev–Trinajstić information content (AvgIpc) is 2.66. The molecular formula is C19H24F2N6O2. The van der Waals surface area contributed by atoms with Crippen molar-refractivity contribution in [3.8, 4) is 5.69 Å². The molecule has 10 heteroatoms. The van der Waals surface area contributed by atoms with Gasteiger partial charge in [0, 0.05) is 44.5 Å². The molecule has 2 heterocycles. The third-order valence-corrected chi connectivity index (χ3v) is 4.84. The lowest BCUT2D eigenvalue weighted by Gasteiger charge is -2.37. The van der Waals surface area contributed by atoms with Crippen LogP contribution in [0.5, 0.6) is 0 Å². The molecule has 2 aromatic rings. The minimum Gasteiger partial charge on any atom is -0.353 e. The van der Waals surface area contributed by atoms with Gasteiger partial charge < -0.3 is 21.3 Å². The Hall–Kier alpha value is -2.85. The van der Waals surface area contributed by atoms with Crippen molar-refractivity contribution < 1.29 is 13.6 Å². The van der Waals surface area contributed by atoms with Gasteiger partial charge in [0.1, 0.15) is 17.5 Å². The van der Waals surface area contributed by atoms with Gasteiger partial charge in [-0.05, 0) is 32.0 Å². The number of benzene rings is 1. The maximum atomic E-state index is 14.0. The van der Waals surface area contributed by atoms with Crippen LogP contribution in [0.15, 0.2) is 29.2 Å². The molecular weight excluding hydrogens is 382 g/mol. The molecule has 0 atom stereocenters. The molecule has 1 fully saturated rings. The zero-order valence-electron chi connectivity index (χ0n) is 16.4. The highest BCUT2D eigenvalue weighted by molar-refractivity contribution is 5.85. The van der Waals surface area contributed by atoms with E-state index in [-0.39, 0.29) is 23.7 Å². The summed E-state index contributed by atoms with van der Waals surface area (Å²) in [6, 6.07) is 3.69. The van der Waals surface area contributed by atoms with Crippen LogP contribution in [0.1, 0.15) is 19.4 Å². The van der Waals surface area contributed by atoms with E-state index < -0.39 is 22.9 Å². The number of nitrogens with zero attached hydrogens (tertiary/aromatic N) is 4. The van der Waals surface area contributed by atoms with Gasteiger partial charge in [-0.25, -0.2) is 13.6 Å². The summed E-state index contributed by atoms with van der Waals surface area (Å²) in [6.07, 6.45) is 1.42. The second kappa shape index (κ2) is 7.88. The molecule has 0 aliphatic carbocycles. The summed E-state index contributed by atoms with van der Waals surface area (Å²) in [5.41, 5.74) is 9.38. The molecule has 0 saturated carbocycles. The lowest BCUT2D eigenvalue weighted by Crippen LogP contribution is -2.57. The first-order chi connectivity index (χ1) is 13.6. The maximum Gasteiger partial charge on any atom is 0.354 e. The number of amides is 1. The number of anilines is 1. The van der Waals surface area contributed by atoms with Crippen LogP contribution in [0.2, 0.25) is 0 Å². The van der Waals surface area contributed by atoms with Gasteiger partial charge in [-0.15, -0.1) is 0 Å². The van der Waals surface area contributed by atoms with Gasteiger partial charge in [-0.2, -0.15) is 4.98 Å². The fraction of sp³-hybridized carbons (Fsp3) is 0.421. The first-order valence-electron chi connectivity index (χ1n) is 9.23. The first-order valence-corrected chi connectivity index (χ1v) is 9.23. The zero-order chi connectivity index (χ0) is 21.3. The van der Waals surface area contributed by atoms with Crippen molar-refractivity contribution in [2.75, 3.05) is 31.1 Å². The van der Waals surface area contributed by atoms with Crippen LogP contribution in [-0.2, 0) is 11.3 Å². The number of rotatable bonds is 4. The summed E-state index contributed by atoms with van der Waals surface area (Å²) in [7, 11) is 0. The molecule has 8 nitrogen and oxygen atoms in total. The van der Waals surface area contributed by atoms with Crippen LogP contribution in [0.4, 0.5) is 14.6 Å². The molecule has 1 aliphatic heterocycles. The van der Waals surface area contributed by atoms with E-state index in [0.29, 0.717) is 32.0 Å². The van der Waals surface area contributed by atoms with E-state index in [4.69, 9.17) is 11.5 Å². The molecule has 0 radical (unpaired) electrons. The summed E-state index contributed by atoms with van der Waals surface area (Å²) < 4.78 is 29.0. The largest absolute Gasteiger partial charge is 0.354 e. The Morgan fingerprint density at radius 1 is 1.17 bits per heavy atom. The van der Waals surface area contributed by atoms with E-state index in [0.717, 1.165) is 16.7 Å². The van der Waals surface area contributed by atoms with Crippen LogP contribution in [0, 0.1) is 11.6 Å². The smallest absolute Gasteiger partial charge is 0.353 e. The molecule has 3 rings (SSSR count). The molecule has 156 valence electrons. The van der Waals surface area contributed by atoms with Gasteiger partial charge in [0.15, 0.2) is 0 Å². The van der Waals surface area contributed by atoms with Crippen molar-refractivity contribution in [3.05, 3.63) is 52.1 Å². The fourth-order valence-electron chi connectivity index (χ4n) is 3.24. The number of aromatic nitrogens is 2. The molecule has 1 aromatic carbocycles. The number of hydrogen-bond donors (Lipinski definition) is 2. The SMILES string of the molecule is CC(C)(N)C(=O)N1CCN(c2ccn(-c3cc(F)c(CN)c(F)c3)c(=O)n2)CC1. The summed E-state index contributed by atoms with van der Waals surface area (Å²) in [4.78, 5) is 32.3. The van der Waals surface area contributed by atoms with Gasteiger partial charge in [0.05, 0.1) is 11.2 Å². The maximum absolute atomic E-state index is 14.0. The highest BCUT2D eigenvalue weighted by Gasteiger charge is 2.30. The van der Waals surface area contributed by atoms with Crippen molar-refractivity contribution in [1.82, 2.24) is 14.5 Å². The minimum atomic E-state index is -0.940. The molecule has 1 saturated heterocycles. The van der Waals surface area contributed by atoms with E-state index in [2.05, 4.69) is 4.98 Å². The van der Waals surface area contributed by atoms with Crippen molar-refractivity contribution in [3.63, 3.8) is 0 Å². The molecule has 29 heavy (non-hydrogen) atoms. The third-order valence-electron chi connectivity index (χ3n) is 4.84. The van der Waals surface area contributed by atoms with Crippen LogP contribution in [0.3, 0.4) is 0 Å². The molecule has 1 amide bonds. The van der Waals surface area contributed by atoms with Crippen molar-refractivity contribution in [2.24, 2.45) is 11.5 Å². The fourth-order valence-corrected chi connectivity index (χ4v) is 3.24. The summed E-state index contributed by atoms with van der Waals surface area (Å²) in [5, 5.41) is 0. The number of carbonyl (C=O) groups excluding carboxylic acids is 1. The van der Waals surface area contributed by atoms with E-state index in [1.54, 1.807) is 24.8 Å². The Morgan fingerprint density at radius 2 is 1.76 bits per heavy atom. The topological polar surface area (TPSA) is 110 Å². The molecule has 1 aromatic heterocycles. The Labute approximate surface area is 166 Å². The number of nitrogens with two attached hydrogens (primary N) is 2. The molecule has 1 aliphatic rings. The molecule has 0 bridgehead atoms. The Kier molecular flexibility index (Phi) is 5.67. The van der Waals surface area contributed by atoms with E-state index in [9.17, 15) is 18.4 Å². The summed E-state index contributed by atoms with van der Waals surface area (Å²) in [5.74, 6) is -1.33. The Balaban J connectivity index is 1.78. The van der Waals surface area contributed by atoms with Crippen molar-refractivity contribution in [2.45, 2.75) is 25.9 Å². The second-order valence-corrected chi connectivity index (χ2v) is 7.53. The normalized spacial score (nSPS) is 15.0. The van der Waals surface area contributed by atoms with Crippen LogP contribution < -0.4 is 22.1 Å². The van der Waals surface area contributed by atoms with E-state index >= 15 is 0 Å². The van der Waals surface area contributed by atoms with Crippen molar-refractivity contribution in [1.29, 1.82) is 0 Å². The number of halogens is 2. The highest BCUT2D eigenvalue weighted by atomic mass is 19.1. The Morgan fingerprint density at radius 3 is 2.24 bits per heavy atom. The standard InChI is InChI=1S/C19H24F2N6O2/c1-19(2,23)17(28)26-7-5-25(6-8-26)16-3-4-27(18(29)24-16)12-9-14(20)13(11-22)15(21)10-12/h3-4,9-10H,5-8,11,22-23H2,1-2H3.